The first-order valence-corrected chi connectivity index (χ1v) is 12.3. The molecule has 2 amide bonds. The van der Waals surface area contributed by atoms with Crippen LogP contribution < -0.4 is 14.8 Å². The maximum atomic E-state index is 14.0. The predicted molar refractivity (Wildman–Crippen MR) is 119 cm³/mol. The summed E-state index contributed by atoms with van der Waals surface area (Å²) in [7, 11) is 0. The molecule has 174 valence electrons. The number of ether oxygens (including phenoxy) is 3. The average molecular weight is 443 g/mol. The van der Waals surface area contributed by atoms with Gasteiger partial charge in [0, 0.05) is 24.8 Å². The summed E-state index contributed by atoms with van der Waals surface area (Å²) in [6.45, 7) is 1.34. The fourth-order valence-corrected chi connectivity index (χ4v) is 5.78. The van der Waals surface area contributed by atoms with Crippen LogP contribution in [-0.4, -0.2) is 54.3 Å². The lowest BCUT2D eigenvalue weighted by Gasteiger charge is -2.46. The van der Waals surface area contributed by atoms with Gasteiger partial charge in [0.05, 0.1) is 6.10 Å². The Balaban J connectivity index is 1.47. The maximum absolute atomic E-state index is 14.0. The van der Waals surface area contributed by atoms with Gasteiger partial charge in [-0.05, 0) is 56.7 Å². The number of amides is 2. The van der Waals surface area contributed by atoms with E-state index in [0.29, 0.717) is 36.4 Å². The number of carbonyl (C=O) groups is 2. The van der Waals surface area contributed by atoms with Crippen LogP contribution in [0.4, 0.5) is 0 Å². The van der Waals surface area contributed by atoms with Crippen molar-refractivity contribution in [3.63, 3.8) is 0 Å². The van der Waals surface area contributed by atoms with Crippen molar-refractivity contribution < 1.29 is 23.8 Å². The summed E-state index contributed by atoms with van der Waals surface area (Å²) in [6, 6.07) is 5.54. The summed E-state index contributed by atoms with van der Waals surface area (Å²) >= 11 is 0. The number of fused-ring (bicyclic) bond motifs is 1. The van der Waals surface area contributed by atoms with Crippen molar-refractivity contribution in [3.05, 3.63) is 23.8 Å². The summed E-state index contributed by atoms with van der Waals surface area (Å²) in [5.41, 5.74) is -0.286. The van der Waals surface area contributed by atoms with Gasteiger partial charge in [-0.25, -0.2) is 0 Å². The highest BCUT2D eigenvalue weighted by Crippen LogP contribution is 2.38. The van der Waals surface area contributed by atoms with Gasteiger partial charge in [0.15, 0.2) is 11.5 Å². The van der Waals surface area contributed by atoms with Crippen molar-refractivity contribution in [2.45, 2.75) is 88.3 Å². The number of carbonyl (C=O) groups excluding carboxylic acids is 2. The molecule has 5 rings (SSSR count). The van der Waals surface area contributed by atoms with Crippen LogP contribution in [0.2, 0.25) is 0 Å². The minimum atomic E-state index is -0.819. The highest BCUT2D eigenvalue weighted by Gasteiger charge is 2.48. The number of hydrogen-bond acceptors (Lipinski definition) is 5. The molecule has 0 radical (unpaired) electrons. The molecule has 7 nitrogen and oxygen atoms in total. The molecule has 2 aliphatic heterocycles. The Labute approximate surface area is 189 Å². The van der Waals surface area contributed by atoms with Crippen LogP contribution in [0.1, 0.15) is 81.0 Å². The second-order valence-corrected chi connectivity index (χ2v) is 9.67. The Morgan fingerprint density at radius 3 is 2.50 bits per heavy atom. The van der Waals surface area contributed by atoms with Crippen molar-refractivity contribution in [3.8, 4) is 11.5 Å². The molecule has 2 saturated carbocycles. The van der Waals surface area contributed by atoms with E-state index in [1.165, 1.54) is 0 Å². The van der Waals surface area contributed by atoms with E-state index < -0.39 is 5.54 Å². The zero-order valence-electron chi connectivity index (χ0n) is 18.8. The second kappa shape index (κ2) is 9.30. The second-order valence-electron chi connectivity index (χ2n) is 9.67. The van der Waals surface area contributed by atoms with Crippen LogP contribution in [0.25, 0.3) is 0 Å². The van der Waals surface area contributed by atoms with Crippen molar-refractivity contribution in [1.82, 2.24) is 10.2 Å². The minimum Gasteiger partial charge on any atom is -0.454 e. The third kappa shape index (κ3) is 4.19. The van der Waals surface area contributed by atoms with Gasteiger partial charge in [-0.1, -0.05) is 32.1 Å². The van der Waals surface area contributed by atoms with Gasteiger partial charge >= 0.3 is 0 Å². The smallest absolute Gasteiger partial charge is 0.254 e. The number of rotatable bonds is 6. The van der Waals surface area contributed by atoms with Crippen LogP contribution >= 0.6 is 0 Å². The molecule has 2 heterocycles. The summed E-state index contributed by atoms with van der Waals surface area (Å²) in [4.78, 5) is 29.6. The highest BCUT2D eigenvalue weighted by molar-refractivity contribution is 6.00. The van der Waals surface area contributed by atoms with Gasteiger partial charge in [0.25, 0.3) is 5.91 Å². The lowest BCUT2D eigenvalue weighted by atomic mass is 9.78. The minimum absolute atomic E-state index is 0.0222. The lowest BCUT2D eigenvalue weighted by molar-refractivity contribution is -0.136. The first kappa shape index (κ1) is 21.6. The van der Waals surface area contributed by atoms with Gasteiger partial charge in [-0.3, -0.25) is 9.59 Å². The summed E-state index contributed by atoms with van der Waals surface area (Å²) in [5, 5.41) is 3.32. The van der Waals surface area contributed by atoms with Crippen LogP contribution in [0, 0.1) is 0 Å². The molecular formula is C25H34N2O5. The third-order valence-corrected chi connectivity index (χ3v) is 7.59. The van der Waals surface area contributed by atoms with E-state index in [1.54, 1.807) is 18.2 Å². The highest BCUT2D eigenvalue weighted by atomic mass is 16.7. The lowest BCUT2D eigenvalue weighted by Crippen LogP contribution is -2.63. The Bertz CT molecular complexity index is 839. The SMILES string of the molecule is O=C(c1ccc2c(c1)OCO2)N(C[C@H]1CCCO1)C1(C(=O)NC2CCCC2)CCCCC1. The molecule has 32 heavy (non-hydrogen) atoms. The fraction of sp³-hybridized carbons (Fsp3) is 0.680. The Morgan fingerprint density at radius 1 is 0.969 bits per heavy atom. The van der Waals surface area contributed by atoms with E-state index >= 15 is 0 Å². The van der Waals surface area contributed by atoms with Gasteiger partial charge in [0.1, 0.15) is 5.54 Å². The quantitative estimate of drug-likeness (QED) is 0.725. The first-order valence-electron chi connectivity index (χ1n) is 12.3. The molecule has 0 bridgehead atoms. The van der Waals surface area contributed by atoms with E-state index in [-0.39, 0.29) is 30.8 Å². The number of hydrogen-bond donors (Lipinski definition) is 1. The Morgan fingerprint density at radius 2 is 1.75 bits per heavy atom. The molecule has 0 unspecified atom stereocenters. The summed E-state index contributed by atoms with van der Waals surface area (Å²) in [6.07, 6.45) is 10.7. The van der Waals surface area contributed by atoms with Crippen molar-refractivity contribution in [2.75, 3.05) is 19.9 Å². The van der Waals surface area contributed by atoms with Crippen molar-refractivity contribution in [1.29, 1.82) is 0 Å². The Hall–Kier alpha value is -2.28. The average Bonchev–Trinajstić information content (AvgIpc) is 3.60. The molecule has 1 atom stereocenters. The van der Waals surface area contributed by atoms with E-state index in [1.807, 2.05) is 4.90 Å². The molecule has 3 fully saturated rings. The molecular weight excluding hydrogens is 408 g/mol. The normalized spacial score (nSPS) is 24.4. The molecule has 0 aromatic heterocycles. The topological polar surface area (TPSA) is 77.1 Å². The molecule has 1 saturated heterocycles. The molecule has 1 aromatic rings. The van der Waals surface area contributed by atoms with Crippen molar-refractivity contribution >= 4 is 11.8 Å². The van der Waals surface area contributed by atoms with E-state index in [4.69, 9.17) is 14.2 Å². The zero-order chi connectivity index (χ0) is 22.0. The number of nitrogens with zero attached hydrogens (tertiary/aromatic N) is 1. The number of nitrogens with one attached hydrogen (secondary N) is 1. The molecule has 2 aliphatic carbocycles. The zero-order valence-corrected chi connectivity index (χ0v) is 18.8. The largest absolute Gasteiger partial charge is 0.454 e. The van der Waals surface area contributed by atoms with E-state index in [0.717, 1.165) is 64.4 Å². The number of benzene rings is 1. The van der Waals surface area contributed by atoms with Crippen LogP contribution in [0.5, 0.6) is 11.5 Å². The maximum Gasteiger partial charge on any atom is 0.254 e. The van der Waals surface area contributed by atoms with Crippen LogP contribution in [0.3, 0.4) is 0 Å². The molecule has 0 spiro atoms. The molecule has 4 aliphatic rings. The fourth-order valence-electron chi connectivity index (χ4n) is 5.78. The molecule has 7 heteroatoms. The van der Waals surface area contributed by atoms with E-state index in [9.17, 15) is 9.59 Å². The van der Waals surface area contributed by atoms with E-state index in [2.05, 4.69) is 5.32 Å². The summed E-state index contributed by atoms with van der Waals surface area (Å²) < 4.78 is 16.9. The summed E-state index contributed by atoms with van der Waals surface area (Å²) in [5.74, 6) is 1.14. The van der Waals surface area contributed by atoms with Crippen molar-refractivity contribution in [2.24, 2.45) is 0 Å². The van der Waals surface area contributed by atoms with Gasteiger partial charge < -0.3 is 24.4 Å². The van der Waals surface area contributed by atoms with Crippen LogP contribution in [-0.2, 0) is 9.53 Å². The molecule has 1 aromatic carbocycles. The van der Waals surface area contributed by atoms with Gasteiger partial charge in [-0.15, -0.1) is 0 Å². The monoisotopic (exact) mass is 442 g/mol. The third-order valence-electron chi connectivity index (χ3n) is 7.59. The van der Waals surface area contributed by atoms with Gasteiger partial charge in [0.2, 0.25) is 12.7 Å². The predicted octanol–water partition coefficient (Wildman–Crippen LogP) is 3.80. The first-order chi connectivity index (χ1) is 15.7. The van der Waals surface area contributed by atoms with Crippen LogP contribution in [0.15, 0.2) is 18.2 Å². The Kier molecular flexibility index (Phi) is 6.26. The van der Waals surface area contributed by atoms with Gasteiger partial charge in [-0.2, -0.15) is 0 Å². The molecule has 1 N–H and O–H groups in total. The standard InChI is InChI=1S/C25H34N2O5/c28-23(18-10-11-21-22(15-18)32-17-31-21)27(16-20-9-6-14-30-20)25(12-4-1-5-13-25)24(29)26-19-7-2-3-8-19/h10-11,15,19-20H,1-9,12-14,16-17H2,(H,26,29)/t20-/m1/s1.